The molecule has 2 aliphatic heterocycles. The zero-order chi connectivity index (χ0) is 18.7. The molecule has 0 spiro atoms. The second-order valence-electron chi connectivity index (χ2n) is 6.66. The van der Waals surface area contributed by atoms with E-state index in [1.807, 2.05) is 0 Å². The molecule has 1 unspecified atom stereocenters. The molecule has 1 aromatic rings. The first kappa shape index (κ1) is 18.4. The molecular weight excluding hydrogens is 336 g/mol. The van der Waals surface area contributed by atoms with Crippen LogP contribution in [0.4, 0.5) is 5.69 Å². The minimum Gasteiger partial charge on any atom is -0.497 e. The lowest BCUT2D eigenvalue weighted by atomic mass is 9.88. The fraction of sp³-hybridized carbons (Fsp3) is 0.526. The van der Waals surface area contributed by atoms with Crippen molar-refractivity contribution >= 4 is 23.3 Å². The van der Waals surface area contributed by atoms with Crippen LogP contribution in [0.5, 0.6) is 5.75 Å². The van der Waals surface area contributed by atoms with Crippen LogP contribution >= 0.6 is 0 Å². The summed E-state index contributed by atoms with van der Waals surface area (Å²) < 4.78 is 10.6. The van der Waals surface area contributed by atoms with Gasteiger partial charge in [0.2, 0.25) is 5.91 Å². The van der Waals surface area contributed by atoms with E-state index in [1.165, 1.54) is 6.92 Å². The quantitative estimate of drug-likeness (QED) is 0.744. The number of nitrogens with one attached hydrogen (secondary N) is 1. The van der Waals surface area contributed by atoms with Crippen molar-refractivity contribution in [3.63, 3.8) is 0 Å². The van der Waals surface area contributed by atoms with E-state index in [9.17, 15) is 14.4 Å². The van der Waals surface area contributed by atoms with Crippen molar-refractivity contribution in [3.05, 3.63) is 24.3 Å². The highest BCUT2D eigenvalue weighted by Gasteiger charge is 2.48. The molecule has 2 saturated heterocycles. The van der Waals surface area contributed by atoms with Gasteiger partial charge in [0.25, 0.3) is 5.91 Å². The van der Waals surface area contributed by atoms with E-state index in [0.717, 1.165) is 18.5 Å². The van der Waals surface area contributed by atoms with E-state index in [1.54, 1.807) is 36.3 Å². The Kier molecular flexibility index (Phi) is 5.56. The summed E-state index contributed by atoms with van der Waals surface area (Å²) in [5, 5.41) is 2.70. The molecule has 140 valence electrons. The van der Waals surface area contributed by atoms with E-state index in [-0.39, 0.29) is 29.7 Å². The van der Waals surface area contributed by atoms with Crippen LogP contribution in [-0.4, -0.2) is 49.5 Å². The van der Waals surface area contributed by atoms with Gasteiger partial charge in [0, 0.05) is 25.6 Å². The summed E-state index contributed by atoms with van der Waals surface area (Å²) in [7, 11) is 1.58. The summed E-state index contributed by atoms with van der Waals surface area (Å²) in [6, 6.07) is 6.33. The summed E-state index contributed by atoms with van der Waals surface area (Å²) in [5.74, 6) is 0.344. The summed E-state index contributed by atoms with van der Waals surface area (Å²) in [5.41, 5.74) is 0.729. The van der Waals surface area contributed by atoms with Gasteiger partial charge in [-0.2, -0.15) is 0 Å². The van der Waals surface area contributed by atoms with Gasteiger partial charge in [-0.05, 0) is 43.5 Å². The van der Waals surface area contributed by atoms with E-state index in [4.69, 9.17) is 9.47 Å². The molecule has 1 N–H and O–H groups in total. The number of carbonyl (C=O) groups is 3. The normalized spacial score (nSPS) is 24.9. The van der Waals surface area contributed by atoms with E-state index < -0.39 is 6.04 Å². The lowest BCUT2D eigenvalue weighted by Crippen LogP contribution is -2.71. The standard InChI is InChI=1S/C19H24N2O5/c1-12(22)20-18-15(9-10-16(23)17-4-3-11-26-17)21(19(18)24)13-5-7-14(25-2)8-6-13/h5-8,15,17-18H,3-4,9-11H2,1-2H3,(H,20,22)/t15-,17?,18+/m1/s1. The van der Waals surface area contributed by atoms with Crippen LogP contribution < -0.4 is 15.0 Å². The molecule has 0 aromatic heterocycles. The summed E-state index contributed by atoms with van der Waals surface area (Å²) >= 11 is 0. The molecule has 2 fully saturated rings. The number of ketones is 1. The van der Waals surface area contributed by atoms with Crippen LogP contribution in [0.25, 0.3) is 0 Å². The molecule has 7 nitrogen and oxygen atoms in total. The van der Waals surface area contributed by atoms with Crippen LogP contribution in [0.3, 0.4) is 0 Å². The third kappa shape index (κ3) is 3.72. The zero-order valence-corrected chi connectivity index (χ0v) is 15.1. The fourth-order valence-electron chi connectivity index (χ4n) is 3.56. The van der Waals surface area contributed by atoms with Crippen molar-refractivity contribution in [3.8, 4) is 5.75 Å². The van der Waals surface area contributed by atoms with Crippen molar-refractivity contribution in [2.24, 2.45) is 0 Å². The number of benzene rings is 1. The maximum atomic E-state index is 12.5. The lowest BCUT2D eigenvalue weighted by molar-refractivity contribution is -0.133. The third-order valence-corrected chi connectivity index (χ3v) is 4.90. The molecule has 2 aliphatic rings. The van der Waals surface area contributed by atoms with Crippen LogP contribution in [0.15, 0.2) is 24.3 Å². The number of nitrogens with zero attached hydrogens (tertiary/aromatic N) is 1. The van der Waals surface area contributed by atoms with Crippen molar-refractivity contribution in [1.82, 2.24) is 5.32 Å². The highest BCUT2D eigenvalue weighted by molar-refractivity contribution is 6.07. The Morgan fingerprint density at radius 1 is 1.31 bits per heavy atom. The third-order valence-electron chi connectivity index (χ3n) is 4.90. The molecule has 1 aromatic carbocycles. The number of hydrogen-bond donors (Lipinski definition) is 1. The SMILES string of the molecule is COc1ccc(N2C(=O)[C@@H](NC(C)=O)[C@H]2CCC(=O)C2CCCO2)cc1. The largest absolute Gasteiger partial charge is 0.497 e. The maximum absolute atomic E-state index is 12.5. The molecule has 7 heteroatoms. The average Bonchev–Trinajstić information content (AvgIpc) is 3.17. The van der Waals surface area contributed by atoms with Gasteiger partial charge in [-0.1, -0.05) is 0 Å². The van der Waals surface area contributed by atoms with Crippen LogP contribution in [0, 0.1) is 0 Å². The van der Waals surface area contributed by atoms with Crippen LogP contribution in [0.2, 0.25) is 0 Å². The highest BCUT2D eigenvalue weighted by atomic mass is 16.5. The number of methoxy groups -OCH3 is 1. The summed E-state index contributed by atoms with van der Waals surface area (Å²) in [4.78, 5) is 37.9. The number of ether oxygens (including phenoxy) is 2. The van der Waals surface area contributed by atoms with Crippen molar-refractivity contribution in [2.45, 2.75) is 50.8 Å². The first-order valence-electron chi connectivity index (χ1n) is 8.90. The molecule has 3 rings (SSSR count). The smallest absolute Gasteiger partial charge is 0.252 e. The van der Waals surface area contributed by atoms with Gasteiger partial charge in [0.05, 0.1) is 13.2 Å². The highest BCUT2D eigenvalue weighted by Crippen LogP contribution is 2.32. The number of β-lactam (4-membered cyclic amide) rings is 1. The number of carbonyl (C=O) groups excluding carboxylic acids is 3. The lowest BCUT2D eigenvalue weighted by Gasteiger charge is -2.47. The number of hydrogen-bond acceptors (Lipinski definition) is 5. The second-order valence-corrected chi connectivity index (χ2v) is 6.66. The van der Waals surface area contributed by atoms with Crippen LogP contribution in [-0.2, 0) is 19.1 Å². The fourth-order valence-corrected chi connectivity index (χ4v) is 3.56. The Balaban J connectivity index is 1.70. The molecule has 2 heterocycles. The summed E-state index contributed by atoms with van der Waals surface area (Å²) in [6.07, 6.45) is 2.16. The Morgan fingerprint density at radius 2 is 2.04 bits per heavy atom. The van der Waals surface area contributed by atoms with Gasteiger partial charge >= 0.3 is 0 Å². The molecule has 0 saturated carbocycles. The van der Waals surface area contributed by atoms with E-state index in [2.05, 4.69) is 5.32 Å². The molecule has 0 aliphatic carbocycles. The first-order chi connectivity index (χ1) is 12.5. The number of amides is 2. The van der Waals surface area contributed by atoms with Gasteiger partial charge in [0.1, 0.15) is 17.9 Å². The van der Waals surface area contributed by atoms with Gasteiger partial charge in [-0.3, -0.25) is 14.4 Å². The Bertz CT molecular complexity index is 682. The molecule has 0 bridgehead atoms. The number of rotatable bonds is 7. The Labute approximate surface area is 152 Å². The Morgan fingerprint density at radius 3 is 2.62 bits per heavy atom. The molecule has 2 amide bonds. The minimum atomic E-state index is -0.591. The predicted octanol–water partition coefficient (Wildman–Crippen LogP) is 1.44. The van der Waals surface area contributed by atoms with E-state index >= 15 is 0 Å². The van der Waals surface area contributed by atoms with Crippen molar-refractivity contribution in [1.29, 1.82) is 0 Å². The van der Waals surface area contributed by atoms with Gasteiger partial charge < -0.3 is 19.7 Å². The average molecular weight is 360 g/mol. The van der Waals surface area contributed by atoms with Crippen LogP contribution in [0.1, 0.15) is 32.6 Å². The number of anilines is 1. The minimum absolute atomic E-state index is 0.0677. The molecule has 3 atom stereocenters. The second kappa shape index (κ2) is 7.86. The van der Waals surface area contributed by atoms with Gasteiger partial charge in [-0.15, -0.1) is 0 Å². The zero-order valence-electron chi connectivity index (χ0n) is 15.1. The Hall–Kier alpha value is -2.41. The van der Waals surface area contributed by atoms with Gasteiger partial charge in [-0.25, -0.2) is 0 Å². The van der Waals surface area contributed by atoms with E-state index in [0.29, 0.717) is 25.2 Å². The number of Topliss-reactive ketones (excluding diaryl/α,β-unsaturated/α-hetero) is 1. The maximum Gasteiger partial charge on any atom is 0.252 e. The van der Waals surface area contributed by atoms with Crippen molar-refractivity contribution in [2.75, 3.05) is 18.6 Å². The first-order valence-corrected chi connectivity index (χ1v) is 8.90. The monoisotopic (exact) mass is 360 g/mol. The van der Waals surface area contributed by atoms with Gasteiger partial charge in [0.15, 0.2) is 5.78 Å². The molecular formula is C19H24N2O5. The molecule has 26 heavy (non-hydrogen) atoms. The molecule has 0 radical (unpaired) electrons. The topological polar surface area (TPSA) is 84.9 Å². The van der Waals surface area contributed by atoms with Crippen molar-refractivity contribution < 1.29 is 23.9 Å². The predicted molar refractivity (Wildman–Crippen MR) is 95.1 cm³/mol. The summed E-state index contributed by atoms with van der Waals surface area (Å²) in [6.45, 7) is 2.02.